The second kappa shape index (κ2) is 7.10. The van der Waals surface area contributed by atoms with Crippen LogP contribution >= 0.6 is 0 Å². The number of benzene rings is 2. The van der Waals surface area contributed by atoms with E-state index in [1.165, 1.54) is 5.56 Å². The Hall–Kier alpha value is -2.26. The number of hydrogen-bond acceptors (Lipinski definition) is 3. The van der Waals surface area contributed by atoms with Crippen molar-refractivity contribution in [2.75, 3.05) is 13.2 Å². The normalized spacial score (nSPS) is 17.5. The van der Waals surface area contributed by atoms with Crippen molar-refractivity contribution in [3.8, 4) is 0 Å². The van der Waals surface area contributed by atoms with Gasteiger partial charge in [0.15, 0.2) is 5.88 Å². The molecular formula is C21H25NO2. The van der Waals surface area contributed by atoms with Gasteiger partial charge in [-0.2, -0.15) is 0 Å². The van der Waals surface area contributed by atoms with Crippen LogP contribution < -0.4 is 10.4 Å². The molecule has 1 aliphatic rings. The van der Waals surface area contributed by atoms with Crippen LogP contribution in [0.25, 0.3) is 12.5 Å². The van der Waals surface area contributed by atoms with Crippen molar-refractivity contribution in [1.29, 1.82) is 0 Å². The summed E-state index contributed by atoms with van der Waals surface area (Å²) in [5.74, 6) is 0.209. The highest BCUT2D eigenvalue weighted by Crippen LogP contribution is 2.45. The third-order valence-corrected chi connectivity index (χ3v) is 5.10. The Balaban J connectivity index is 2.18. The average Bonchev–Trinajstić information content (AvgIpc) is 3.11. The van der Waals surface area contributed by atoms with E-state index < -0.39 is 0 Å². The number of nitrogens with zero attached hydrogens (tertiary/aromatic N) is 1. The lowest BCUT2D eigenvalue weighted by molar-refractivity contribution is 0.0960. The van der Waals surface area contributed by atoms with E-state index in [-0.39, 0.29) is 18.0 Å². The lowest BCUT2D eigenvalue weighted by atomic mass is 9.86. The highest BCUT2D eigenvalue weighted by molar-refractivity contribution is 5.40. The van der Waals surface area contributed by atoms with Crippen LogP contribution in [-0.4, -0.2) is 28.3 Å². The van der Waals surface area contributed by atoms with Gasteiger partial charge in [-0.15, -0.1) is 0 Å². The van der Waals surface area contributed by atoms with Gasteiger partial charge in [-0.3, -0.25) is 0 Å². The molecule has 0 amide bonds. The van der Waals surface area contributed by atoms with E-state index in [2.05, 4.69) is 18.7 Å². The van der Waals surface area contributed by atoms with Crippen LogP contribution in [0.15, 0.2) is 54.6 Å². The topological polar surface area (TPSA) is 43.7 Å². The molecule has 0 bridgehead atoms. The van der Waals surface area contributed by atoms with Crippen LogP contribution in [0, 0.1) is 0 Å². The predicted octanol–water partition coefficient (Wildman–Crippen LogP) is 2.48. The van der Waals surface area contributed by atoms with Gasteiger partial charge in [0.25, 0.3) is 0 Å². The second-order valence-corrected chi connectivity index (χ2v) is 6.46. The third-order valence-electron chi connectivity index (χ3n) is 5.10. The molecule has 0 saturated heterocycles. The maximum absolute atomic E-state index is 11.1. The molecule has 3 nitrogen and oxygen atoms in total. The first-order valence-electron chi connectivity index (χ1n) is 8.60. The molecule has 0 unspecified atom stereocenters. The summed E-state index contributed by atoms with van der Waals surface area (Å²) >= 11 is 0. The highest BCUT2D eigenvalue weighted by atomic mass is 16.3. The van der Waals surface area contributed by atoms with Crippen LogP contribution in [0.2, 0.25) is 0 Å². The smallest absolute Gasteiger partial charge is 0.195 e. The van der Waals surface area contributed by atoms with Crippen molar-refractivity contribution in [3.63, 3.8) is 0 Å². The van der Waals surface area contributed by atoms with Crippen molar-refractivity contribution in [1.82, 2.24) is 4.90 Å². The van der Waals surface area contributed by atoms with Gasteiger partial charge in [-0.05, 0) is 29.7 Å². The molecule has 24 heavy (non-hydrogen) atoms. The van der Waals surface area contributed by atoms with E-state index in [1.807, 2.05) is 47.4 Å². The minimum Gasteiger partial charge on any atom is -0.494 e. The van der Waals surface area contributed by atoms with Gasteiger partial charge in [0, 0.05) is 11.8 Å². The summed E-state index contributed by atoms with van der Waals surface area (Å²) in [5.41, 5.74) is 0.931. The number of hydrogen-bond donors (Lipinski definition) is 2. The first kappa shape index (κ1) is 16.6. The van der Waals surface area contributed by atoms with Gasteiger partial charge in [-0.25, -0.2) is 0 Å². The summed E-state index contributed by atoms with van der Waals surface area (Å²) in [7, 11) is 0. The molecule has 0 aromatic heterocycles. The standard InChI is InChI=1S/C21H25NO2/c1-17-9-5-6-12-19(17)20(24)22(15-16-23)21(13-7-8-14-21)18-10-3-2-4-11-18/h2-6,9-12,23-24H,1,7-8,13-16H2/b20-19-. The average molecular weight is 323 g/mol. The Labute approximate surface area is 143 Å². The van der Waals surface area contributed by atoms with E-state index in [0.717, 1.165) is 36.1 Å². The SMILES string of the molecule is C=c1cccc/c1=C(/O)N(CCO)C1(c2ccccc2)CCCC1. The summed E-state index contributed by atoms with van der Waals surface area (Å²) in [6.07, 6.45) is 4.19. The Morgan fingerprint density at radius 1 is 1.00 bits per heavy atom. The highest BCUT2D eigenvalue weighted by Gasteiger charge is 2.42. The fourth-order valence-corrected chi connectivity index (χ4v) is 3.93. The van der Waals surface area contributed by atoms with Gasteiger partial charge in [0.2, 0.25) is 0 Å². The van der Waals surface area contributed by atoms with Crippen molar-refractivity contribution >= 4 is 12.5 Å². The van der Waals surface area contributed by atoms with Crippen LogP contribution in [0.1, 0.15) is 31.2 Å². The van der Waals surface area contributed by atoms with Gasteiger partial charge < -0.3 is 15.1 Å². The quantitative estimate of drug-likeness (QED) is 0.888. The van der Waals surface area contributed by atoms with Crippen LogP contribution in [0.4, 0.5) is 0 Å². The molecule has 2 aromatic rings. The van der Waals surface area contributed by atoms with E-state index in [4.69, 9.17) is 0 Å². The lowest BCUT2D eigenvalue weighted by Crippen LogP contribution is -2.47. The van der Waals surface area contributed by atoms with Crippen molar-refractivity contribution in [2.24, 2.45) is 0 Å². The maximum Gasteiger partial charge on any atom is 0.195 e. The molecule has 0 aliphatic heterocycles. The van der Waals surface area contributed by atoms with Crippen LogP contribution in [0.5, 0.6) is 0 Å². The van der Waals surface area contributed by atoms with Gasteiger partial charge in [-0.1, -0.05) is 68.0 Å². The molecule has 126 valence electrons. The van der Waals surface area contributed by atoms with Gasteiger partial charge in [0.1, 0.15) is 0 Å². The van der Waals surface area contributed by atoms with Crippen molar-refractivity contribution in [3.05, 3.63) is 70.6 Å². The van der Waals surface area contributed by atoms with E-state index in [9.17, 15) is 10.2 Å². The summed E-state index contributed by atoms with van der Waals surface area (Å²) < 4.78 is 0. The molecule has 1 aliphatic carbocycles. The zero-order valence-corrected chi connectivity index (χ0v) is 14.0. The third kappa shape index (κ3) is 2.92. The summed E-state index contributed by atoms with van der Waals surface area (Å²) in [5, 5.41) is 22.2. The molecule has 3 rings (SSSR count). The molecule has 2 aromatic carbocycles. The minimum absolute atomic E-state index is 0.00203. The Morgan fingerprint density at radius 3 is 2.25 bits per heavy atom. The monoisotopic (exact) mass is 323 g/mol. The Kier molecular flexibility index (Phi) is 4.91. The predicted molar refractivity (Wildman–Crippen MR) is 97.6 cm³/mol. The largest absolute Gasteiger partial charge is 0.494 e. The molecule has 0 atom stereocenters. The van der Waals surface area contributed by atoms with Gasteiger partial charge >= 0.3 is 0 Å². The molecule has 3 heteroatoms. The number of aliphatic hydroxyl groups is 2. The number of aliphatic hydroxyl groups excluding tert-OH is 2. The first-order chi connectivity index (χ1) is 11.7. The van der Waals surface area contributed by atoms with Crippen LogP contribution in [-0.2, 0) is 5.54 Å². The lowest BCUT2D eigenvalue weighted by Gasteiger charge is -2.42. The Morgan fingerprint density at radius 2 is 1.62 bits per heavy atom. The Bertz CT molecular complexity index is 779. The molecule has 0 radical (unpaired) electrons. The molecule has 1 saturated carbocycles. The first-order valence-corrected chi connectivity index (χ1v) is 8.60. The van der Waals surface area contributed by atoms with E-state index >= 15 is 0 Å². The van der Waals surface area contributed by atoms with Crippen molar-refractivity contribution < 1.29 is 10.2 Å². The molecule has 1 fully saturated rings. The number of rotatable bonds is 5. The van der Waals surface area contributed by atoms with Gasteiger partial charge in [0.05, 0.1) is 12.1 Å². The minimum atomic E-state index is -0.268. The van der Waals surface area contributed by atoms with Crippen molar-refractivity contribution in [2.45, 2.75) is 31.2 Å². The van der Waals surface area contributed by atoms with E-state index in [0.29, 0.717) is 6.54 Å². The zero-order chi connectivity index (χ0) is 17.0. The fraction of sp³-hybridized carbons (Fsp3) is 0.333. The molecule has 0 heterocycles. The maximum atomic E-state index is 11.1. The molecule has 2 N–H and O–H groups in total. The fourth-order valence-electron chi connectivity index (χ4n) is 3.93. The summed E-state index contributed by atoms with van der Waals surface area (Å²) in [4.78, 5) is 1.99. The molecular weight excluding hydrogens is 298 g/mol. The molecule has 0 spiro atoms. The summed E-state index contributed by atoms with van der Waals surface area (Å²) in [6.45, 7) is 4.43. The summed E-state index contributed by atoms with van der Waals surface area (Å²) in [6, 6.07) is 17.9. The van der Waals surface area contributed by atoms with E-state index in [1.54, 1.807) is 0 Å². The second-order valence-electron chi connectivity index (χ2n) is 6.46. The zero-order valence-electron chi connectivity index (χ0n) is 14.0. The van der Waals surface area contributed by atoms with Crippen LogP contribution in [0.3, 0.4) is 0 Å².